The van der Waals surface area contributed by atoms with Gasteiger partial charge in [0.15, 0.2) is 0 Å². The minimum atomic E-state index is -3.41. The van der Waals surface area contributed by atoms with Crippen LogP contribution in [0.2, 0.25) is 0 Å². The third kappa shape index (κ3) is 2.49. The van der Waals surface area contributed by atoms with E-state index in [0.29, 0.717) is 10.9 Å². The van der Waals surface area contributed by atoms with Crippen LogP contribution in [-0.4, -0.2) is 39.6 Å². The number of benzene rings is 1. The monoisotopic (exact) mass is 378 g/mol. The smallest absolute Gasteiger partial charge is 0.275 e. The fourth-order valence-electron chi connectivity index (χ4n) is 3.03. The quantitative estimate of drug-likeness (QED) is 0.480. The lowest BCUT2D eigenvalue weighted by molar-refractivity contribution is 0.0307. The van der Waals surface area contributed by atoms with Gasteiger partial charge in [-0.25, -0.2) is 4.98 Å². The zero-order chi connectivity index (χ0) is 19.3. The summed E-state index contributed by atoms with van der Waals surface area (Å²) in [6.45, 7) is 0. The Hall–Kier alpha value is -3.82. The summed E-state index contributed by atoms with van der Waals surface area (Å²) in [4.78, 5) is 8.25. The molecule has 0 unspecified atom stereocenters. The van der Waals surface area contributed by atoms with Crippen LogP contribution < -0.4 is 0 Å². The third-order valence-electron chi connectivity index (χ3n) is 4.43. The first-order valence-electron chi connectivity index (χ1n) is 8.32. The summed E-state index contributed by atoms with van der Waals surface area (Å²) in [6.07, 6.45) is 7.90. The Morgan fingerprint density at radius 2 is 1.82 bits per heavy atom. The summed E-state index contributed by atoms with van der Waals surface area (Å²) in [5, 5.41) is 15.9. The number of halogens is 2. The Labute approximate surface area is 156 Å². The topological polar surface area (TPSA) is 86.7 Å². The van der Waals surface area contributed by atoms with Crippen molar-refractivity contribution in [1.29, 1.82) is 0 Å². The van der Waals surface area contributed by atoms with Crippen LogP contribution in [0.3, 0.4) is 0 Å². The van der Waals surface area contributed by atoms with Crippen molar-refractivity contribution in [1.82, 2.24) is 39.6 Å². The van der Waals surface area contributed by atoms with E-state index in [1.165, 1.54) is 24.5 Å². The van der Waals surface area contributed by atoms with Gasteiger partial charge in [-0.3, -0.25) is 9.67 Å². The maximum atomic E-state index is 15.2. The highest BCUT2D eigenvalue weighted by molar-refractivity contribution is 5.84. The highest BCUT2D eigenvalue weighted by atomic mass is 19.3. The summed E-state index contributed by atoms with van der Waals surface area (Å²) in [6, 6.07) is 6.09. The number of aryl methyl sites for hydroxylation is 1. The van der Waals surface area contributed by atoms with Crippen molar-refractivity contribution < 1.29 is 8.78 Å². The van der Waals surface area contributed by atoms with E-state index in [4.69, 9.17) is 0 Å². The molecule has 0 saturated heterocycles. The average molecular weight is 378 g/mol. The number of alkyl halides is 2. The molecule has 0 amide bonds. The second kappa shape index (κ2) is 5.84. The molecule has 0 spiro atoms. The molecule has 0 N–H and O–H groups in total. The molecule has 5 rings (SSSR count). The summed E-state index contributed by atoms with van der Waals surface area (Å²) in [5.41, 5.74) is 2.02. The number of hydrogen-bond acceptors (Lipinski definition) is 6. The van der Waals surface area contributed by atoms with E-state index >= 15 is 8.78 Å². The van der Waals surface area contributed by atoms with Crippen LogP contribution in [0.1, 0.15) is 11.4 Å². The first kappa shape index (κ1) is 16.4. The zero-order valence-corrected chi connectivity index (χ0v) is 14.5. The molecule has 0 atom stereocenters. The molecule has 0 aliphatic rings. The van der Waals surface area contributed by atoms with E-state index in [1.807, 2.05) is 13.2 Å². The molecule has 0 aliphatic heterocycles. The lowest BCUT2D eigenvalue weighted by atomic mass is 10.0. The van der Waals surface area contributed by atoms with Gasteiger partial charge in [0.25, 0.3) is 5.78 Å². The summed E-state index contributed by atoms with van der Waals surface area (Å²) in [7, 11) is 1.81. The van der Waals surface area contributed by atoms with Gasteiger partial charge >= 0.3 is 5.92 Å². The number of rotatable bonds is 3. The number of pyridine rings is 1. The fourth-order valence-corrected chi connectivity index (χ4v) is 3.03. The molecule has 0 aliphatic carbocycles. The average Bonchev–Trinajstić information content (AvgIpc) is 3.33. The SMILES string of the molecule is Cn1cc(-c2cnc3ccc(C(F)(F)c4nnc5nccnn45)cc3c2)cn1. The van der Waals surface area contributed by atoms with E-state index in [9.17, 15) is 0 Å². The van der Waals surface area contributed by atoms with E-state index < -0.39 is 11.7 Å². The van der Waals surface area contributed by atoms with Gasteiger partial charge in [0, 0.05) is 41.5 Å². The van der Waals surface area contributed by atoms with Gasteiger partial charge in [0.1, 0.15) is 0 Å². The van der Waals surface area contributed by atoms with Crippen LogP contribution in [0.4, 0.5) is 8.78 Å². The van der Waals surface area contributed by atoms with Gasteiger partial charge in [-0.15, -0.1) is 10.2 Å². The van der Waals surface area contributed by atoms with E-state index in [-0.39, 0.29) is 11.3 Å². The van der Waals surface area contributed by atoms with Crippen molar-refractivity contribution in [2.24, 2.45) is 7.05 Å². The van der Waals surface area contributed by atoms with Crippen molar-refractivity contribution in [3.63, 3.8) is 0 Å². The molecule has 5 aromatic rings. The first-order valence-corrected chi connectivity index (χ1v) is 8.32. The summed E-state index contributed by atoms with van der Waals surface area (Å²) < 4.78 is 33.0. The molecule has 10 heteroatoms. The molecule has 1 aromatic carbocycles. The Balaban J connectivity index is 1.63. The van der Waals surface area contributed by atoms with Gasteiger partial charge in [0.05, 0.1) is 24.1 Å². The first-order chi connectivity index (χ1) is 13.5. The van der Waals surface area contributed by atoms with Gasteiger partial charge in [-0.2, -0.15) is 23.5 Å². The normalized spacial score (nSPS) is 12.1. The zero-order valence-electron chi connectivity index (χ0n) is 14.5. The predicted octanol–water partition coefficient (Wildman–Crippen LogP) is 2.61. The fraction of sp³-hybridized carbons (Fsp3) is 0.111. The molecule has 0 radical (unpaired) electrons. The van der Waals surface area contributed by atoms with Crippen LogP contribution in [-0.2, 0) is 13.0 Å². The van der Waals surface area contributed by atoms with E-state index in [2.05, 4.69) is 30.4 Å². The number of hydrogen-bond donors (Lipinski definition) is 0. The van der Waals surface area contributed by atoms with Crippen molar-refractivity contribution >= 4 is 16.7 Å². The second-order valence-corrected chi connectivity index (χ2v) is 6.29. The van der Waals surface area contributed by atoms with E-state index in [1.54, 1.807) is 29.2 Å². The Morgan fingerprint density at radius 3 is 2.64 bits per heavy atom. The Bertz CT molecular complexity index is 1320. The van der Waals surface area contributed by atoms with Crippen LogP contribution in [0, 0.1) is 0 Å². The lowest BCUT2D eigenvalue weighted by Crippen LogP contribution is -2.20. The minimum Gasteiger partial charge on any atom is -0.275 e. The van der Waals surface area contributed by atoms with Crippen molar-refractivity contribution in [2.75, 3.05) is 0 Å². The molecular weight excluding hydrogens is 366 g/mol. The number of aromatic nitrogens is 8. The van der Waals surface area contributed by atoms with Gasteiger partial charge in [-0.1, -0.05) is 6.07 Å². The van der Waals surface area contributed by atoms with Crippen molar-refractivity contribution in [3.8, 4) is 11.1 Å². The maximum Gasteiger partial charge on any atom is 0.333 e. The lowest BCUT2D eigenvalue weighted by Gasteiger charge is -2.15. The Morgan fingerprint density at radius 1 is 0.929 bits per heavy atom. The largest absolute Gasteiger partial charge is 0.333 e. The minimum absolute atomic E-state index is 0.0125. The van der Waals surface area contributed by atoms with E-state index in [0.717, 1.165) is 15.6 Å². The second-order valence-electron chi connectivity index (χ2n) is 6.29. The van der Waals surface area contributed by atoms with Gasteiger partial charge < -0.3 is 0 Å². The van der Waals surface area contributed by atoms with Crippen molar-refractivity contribution in [2.45, 2.75) is 5.92 Å². The highest BCUT2D eigenvalue weighted by Crippen LogP contribution is 2.36. The molecular formula is C18H12F2N8. The van der Waals surface area contributed by atoms with Gasteiger partial charge in [0.2, 0.25) is 5.82 Å². The molecule has 28 heavy (non-hydrogen) atoms. The summed E-state index contributed by atoms with van der Waals surface area (Å²) in [5.74, 6) is -3.99. The molecule has 4 aromatic heterocycles. The highest BCUT2D eigenvalue weighted by Gasteiger charge is 2.40. The predicted molar refractivity (Wildman–Crippen MR) is 95.5 cm³/mol. The molecule has 4 heterocycles. The van der Waals surface area contributed by atoms with Crippen LogP contribution in [0.25, 0.3) is 27.8 Å². The molecule has 8 nitrogen and oxygen atoms in total. The van der Waals surface area contributed by atoms with Gasteiger partial charge in [-0.05, 0) is 18.2 Å². The van der Waals surface area contributed by atoms with Crippen molar-refractivity contribution in [3.05, 3.63) is 66.6 Å². The Kier molecular flexibility index (Phi) is 3.41. The summed E-state index contributed by atoms with van der Waals surface area (Å²) >= 11 is 0. The molecule has 138 valence electrons. The standard InChI is InChI=1S/C18H12F2N8/c1-27-10-13(9-24-27)12-6-11-7-14(2-3-15(11)22-8-12)18(19,20)16-25-26-17-21-4-5-23-28(16)17/h2-10H,1H3. The molecule has 0 fully saturated rings. The molecule has 0 saturated carbocycles. The number of nitrogens with zero attached hydrogens (tertiary/aromatic N) is 8. The third-order valence-corrected chi connectivity index (χ3v) is 4.43. The van der Waals surface area contributed by atoms with Crippen LogP contribution in [0.5, 0.6) is 0 Å². The maximum absolute atomic E-state index is 15.2. The molecule has 0 bridgehead atoms. The van der Waals surface area contributed by atoms with Crippen LogP contribution >= 0.6 is 0 Å². The van der Waals surface area contributed by atoms with Crippen LogP contribution in [0.15, 0.2) is 55.2 Å². The number of fused-ring (bicyclic) bond motifs is 2.